The molecule has 8 aromatic carbocycles. The number of nitrogens with one attached hydrogen (secondary N) is 2. The van der Waals surface area contributed by atoms with Crippen LogP contribution in [-0.2, 0) is 25.8 Å². The van der Waals surface area contributed by atoms with Crippen LogP contribution < -0.4 is 25.0 Å². The molecular weight excluding hydrogens is 1070 g/mol. The van der Waals surface area contributed by atoms with Crippen LogP contribution in [0.3, 0.4) is 0 Å². The highest BCUT2D eigenvalue weighted by atomic mass is 19.4. The average molecular weight is 1150 g/mol. The Kier molecular flexibility index (Phi) is 19.1. The van der Waals surface area contributed by atoms with Crippen molar-refractivity contribution in [3.63, 3.8) is 0 Å². The maximum atomic E-state index is 13.1. The first-order chi connectivity index (χ1) is 41.4. The van der Waals surface area contributed by atoms with E-state index in [4.69, 9.17) is 14.7 Å². The molecule has 4 aliphatic heterocycles. The molecule has 438 valence electrons. The summed E-state index contributed by atoms with van der Waals surface area (Å²) >= 11 is 0. The highest BCUT2D eigenvalue weighted by Gasteiger charge is 2.31. The minimum atomic E-state index is -4.33. The first kappa shape index (κ1) is 58.5. The molecule has 0 spiro atoms. The number of hydrogen-bond acceptors (Lipinski definition) is 9. The number of ether oxygens (including phenoxy) is 2. The molecule has 0 unspecified atom stereocenters. The lowest BCUT2D eigenvalue weighted by Crippen LogP contribution is -2.44. The molecule has 4 saturated heterocycles. The Balaban J connectivity index is 0.000000177. The highest BCUT2D eigenvalue weighted by Crippen LogP contribution is 2.33. The third kappa shape index (κ3) is 16.2. The van der Waals surface area contributed by atoms with E-state index in [2.05, 4.69) is 103 Å². The fourth-order valence-corrected chi connectivity index (χ4v) is 12.2. The third-order valence-corrected chi connectivity index (χ3v) is 17.1. The number of carbonyl (C=O) groups excluding carboxylic acids is 2. The number of carbonyl (C=O) groups is 2. The highest BCUT2D eigenvalue weighted by molar-refractivity contribution is 6.00. The number of fused-ring (bicyclic) bond motifs is 2. The van der Waals surface area contributed by atoms with Crippen molar-refractivity contribution in [1.29, 1.82) is 5.26 Å². The van der Waals surface area contributed by atoms with Crippen molar-refractivity contribution in [3.05, 3.63) is 221 Å². The molecule has 11 nitrogen and oxygen atoms in total. The van der Waals surface area contributed by atoms with Crippen molar-refractivity contribution in [2.45, 2.75) is 101 Å². The molecule has 0 saturated carbocycles. The Bertz CT molecular complexity index is 3530. The van der Waals surface area contributed by atoms with Crippen molar-refractivity contribution in [3.8, 4) is 17.6 Å². The predicted molar refractivity (Wildman–Crippen MR) is 330 cm³/mol. The van der Waals surface area contributed by atoms with E-state index in [0.717, 1.165) is 161 Å². The normalized spacial score (nSPS) is 17.2. The number of amides is 2. The second kappa shape index (κ2) is 27.7. The van der Waals surface area contributed by atoms with E-state index in [1.165, 1.54) is 28.8 Å². The molecule has 0 atom stereocenters. The maximum absolute atomic E-state index is 13.1. The monoisotopic (exact) mass is 1150 g/mol. The minimum Gasteiger partial charge on any atom is -0.490 e. The summed E-state index contributed by atoms with van der Waals surface area (Å²) in [4.78, 5) is 35.6. The molecule has 0 radical (unpaired) electrons. The zero-order valence-corrected chi connectivity index (χ0v) is 48.1. The van der Waals surface area contributed by atoms with E-state index < -0.39 is 11.7 Å². The summed E-state index contributed by atoms with van der Waals surface area (Å²) in [5, 5.41) is 19.6. The Morgan fingerprint density at radius 3 is 1.27 bits per heavy atom. The second-order valence-electron chi connectivity index (χ2n) is 23.2. The number of benzene rings is 8. The number of alkyl halides is 3. The van der Waals surface area contributed by atoms with Crippen LogP contribution >= 0.6 is 0 Å². The summed E-state index contributed by atoms with van der Waals surface area (Å²) < 4.78 is 51.3. The van der Waals surface area contributed by atoms with E-state index in [9.17, 15) is 22.8 Å². The Hall–Kier alpha value is -8.22. The van der Waals surface area contributed by atoms with Crippen LogP contribution in [0.5, 0.6) is 11.5 Å². The predicted octanol–water partition coefficient (Wildman–Crippen LogP) is 13.5. The van der Waals surface area contributed by atoms with Gasteiger partial charge >= 0.3 is 6.18 Å². The van der Waals surface area contributed by atoms with Crippen LogP contribution in [0.25, 0.3) is 21.5 Å². The molecule has 4 heterocycles. The van der Waals surface area contributed by atoms with E-state index in [1.54, 1.807) is 0 Å². The maximum Gasteiger partial charge on any atom is 0.416 e. The van der Waals surface area contributed by atoms with Gasteiger partial charge in [0.2, 0.25) is 0 Å². The van der Waals surface area contributed by atoms with Crippen molar-refractivity contribution < 1.29 is 32.2 Å². The zero-order valence-electron chi connectivity index (χ0n) is 48.1. The molecule has 14 heteroatoms. The van der Waals surface area contributed by atoms with E-state index >= 15 is 0 Å². The lowest BCUT2D eigenvalue weighted by molar-refractivity contribution is -0.137. The molecule has 2 N–H and O–H groups in total. The molecular formula is C71H74F3N7O4. The van der Waals surface area contributed by atoms with Gasteiger partial charge < -0.3 is 25.0 Å². The van der Waals surface area contributed by atoms with E-state index in [1.807, 2.05) is 91.0 Å². The van der Waals surface area contributed by atoms with Gasteiger partial charge in [-0.3, -0.25) is 24.3 Å². The Labute approximate surface area is 496 Å². The average Bonchev–Trinajstić information content (AvgIpc) is 3.72. The van der Waals surface area contributed by atoms with Crippen molar-refractivity contribution in [1.82, 2.24) is 25.3 Å². The van der Waals surface area contributed by atoms with Crippen LogP contribution in [0.4, 0.5) is 18.9 Å². The molecule has 4 aliphatic rings. The van der Waals surface area contributed by atoms with Gasteiger partial charge in [0, 0.05) is 114 Å². The molecule has 85 heavy (non-hydrogen) atoms. The number of halogens is 3. The Morgan fingerprint density at radius 2 is 0.847 bits per heavy atom. The smallest absolute Gasteiger partial charge is 0.416 e. The van der Waals surface area contributed by atoms with Crippen LogP contribution in [0.15, 0.2) is 182 Å². The lowest BCUT2D eigenvalue weighted by atomic mass is 10.0. The minimum absolute atomic E-state index is 0.00602. The molecule has 0 bridgehead atoms. The molecule has 4 fully saturated rings. The largest absolute Gasteiger partial charge is 0.490 e. The van der Waals surface area contributed by atoms with Gasteiger partial charge in [0.1, 0.15) is 23.7 Å². The van der Waals surface area contributed by atoms with Gasteiger partial charge in [0.15, 0.2) is 0 Å². The second-order valence-corrected chi connectivity index (χ2v) is 23.2. The van der Waals surface area contributed by atoms with Gasteiger partial charge in [-0.25, -0.2) is 0 Å². The van der Waals surface area contributed by atoms with Gasteiger partial charge in [-0.2, -0.15) is 18.4 Å². The number of anilines is 1. The zero-order chi connectivity index (χ0) is 58.5. The molecule has 0 aliphatic carbocycles. The van der Waals surface area contributed by atoms with Gasteiger partial charge in [-0.15, -0.1) is 0 Å². The fourth-order valence-electron chi connectivity index (χ4n) is 12.2. The number of hydrogen-bond donors (Lipinski definition) is 2. The quantitative estimate of drug-likeness (QED) is 0.104. The lowest BCUT2D eigenvalue weighted by Gasteiger charge is -2.34. The van der Waals surface area contributed by atoms with Crippen LogP contribution in [-0.4, -0.2) is 103 Å². The summed E-state index contributed by atoms with van der Waals surface area (Å²) in [6.07, 6.45) is 3.27. The van der Waals surface area contributed by atoms with Crippen molar-refractivity contribution >= 4 is 39.0 Å². The summed E-state index contributed by atoms with van der Waals surface area (Å²) in [7, 11) is 0. The van der Waals surface area contributed by atoms with Crippen LogP contribution in [0.1, 0.15) is 99.9 Å². The fraction of sp³-hybridized carbons (Fsp3) is 0.338. The van der Waals surface area contributed by atoms with Gasteiger partial charge in [-0.1, -0.05) is 97.1 Å². The molecule has 2 amide bonds. The number of nitrogens with zero attached hydrogens (tertiary/aromatic N) is 5. The third-order valence-electron chi connectivity index (χ3n) is 17.1. The first-order valence-electron chi connectivity index (χ1n) is 30.1. The number of rotatable bonds is 15. The van der Waals surface area contributed by atoms with Crippen LogP contribution in [0, 0.1) is 11.3 Å². The van der Waals surface area contributed by atoms with Crippen LogP contribution in [0.2, 0.25) is 0 Å². The topological polar surface area (TPSA) is 113 Å². The summed E-state index contributed by atoms with van der Waals surface area (Å²) in [6.45, 7) is 10.2. The summed E-state index contributed by atoms with van der Waals surface area (Å²) in [5.74, 6) is 1.63. The molecule has 0 aromatic heterocycles. The first-order valence-corrected chi connectivity index (χ1v) is 30.1. The van der Waals surface area contributed by atoms with Crippen molar-refractivity contribution in [2.75, 3.05) is 57.3 Å². The van der Waals surface area contributed by atoms with Gasteiger partial charge in [0.25, 0.3) is 11.8 Å². The van der Waals surface area contributed by atoms with E-state index in [0.29, 0.717) is 29.8 Å². The molecule has 8 aromatic rings. The number of likely N-dealkylation sites (tertiary alicyclic amines) is 3. The standard InChI is InChI=1S/C36H38N4O2.C35H36F3N3O2/c37-24-27-6-8-29(9-7-27)26-40-20-16-34(17-21-40)42-35-13-12-30-22-32(11-10-31(30)23-35)36(41)38-33-14-18-39(19-15-33)25-28-4-2-1-3-5-28;36-35(37,38)29-9-11-31(12-10-29)41-20-16-32(17-21-41)43-33-13-8-26-22-28(7-6-27(26)23-33)34(42)39-30-14-18-40(19-15-30)24-25-4-2-1-3-5-25/h1-13,22-23,33-34H,14-21,25-26H2,(H,38,41);1-13,22-23,30,32H,14-21,24H2,(H,39,42). The SMILES string of the molecule is N#Cc1ccc(CN2CCC(Oc3ccc4cc(C(=O)NC5CCN(Cc6ccccc6)CC5)ccc4c3)CC2)cc1.O=C(NC1CCN(Cc2ccccc2)CC1)c1ccc2cc(OC3CCN(c4ccc(C(F)(F)F)cc4)CC3)ccc2c1. The number of piperidine rings is 4. The number of nitriles is 1. The molecule has 12 rings (SSSR count). The summed E-state index contributed by atoms with van der Waals surface area (Å²) in [5.41, 5.74) is 6.12. The van der Waals surface area contributed by atoms with Crippen molar-refractivity contribution in [2.24, 2.45) is 0 Å². The van der Waals surface area contributed by atoms with Gasteiger partial charge in [-0.05, 0) is 162 Å². The van der Waals surface area contributed by atoms with Gasteiger partial charge in [0.05, 0.1) is 17.2 Å². The summed E-state index contributed by atoms with van der Waals surface area (Å²) in [6, 6.07) is 60.6. The van der Waals surface area contributed by atoms with E-state index in [-0.39, 0.29) is 36.1 Å². The Morgan fingerprint density at radius 1 is 0.459 bits per heavy atom.